The summed E-state index contributed by atoms with van der Waals surface area (Å²) in [6.45, 7) is 6.09. The Kier molecular flexibility index (Phi) is 5.12. The number of likely N-dealkylation sites (tertiary alicyclic amines) is 1. The number of piperidine rings is 1. The van der Waals surface area contributed by atoms with E-state index in [4.69, 9.17) is 5.11 Å². The van der Waals surface area contributed by atoms with Crippen LogP contribution in [0.3, 0.4) is 0 Å². The Bertz CT molecular complexity index is 381. The number of aliphatic carboxylic acids is 1. The van der Waals surface area contributed by atoms with Gasteiger partial charge in [0, 0.05) is 26.2 Å². The number of nitrogens with zero attached hydrogens (tertiary/aromatic N) is 2. The van der Waals surface area contributed by atoms with E-state index in [2.05, 4.69) is 0 Å². The molecule has 1 atom stereocenters. The molecule has 1 aliphatic heterocycles. The lowest BCUT2D eigenvalue weighted by Gasteiger charge is -2.41. The molecule has 1 saturated carbocycles. The fourth-order valence-electron chi connectivity index (χ4n) is 3.75. The molecule has 0 aromatic heterocycles. The molecule has 2 amide bonds. The number of carboxylic acid groups (broad SMARTS) is 1. The van der Waals surface area contributed by atoms with E-state index in [1.165, 1.54) is 25.7 Å². The molecule has 1 N–H and O–H groups in total. The van der Waals surface area contributed by atoms with Crippen LogP contribution in [0.15, 0.2) is 0 Å². The number of hydrogen-bond acceptors (Lipinski definition) is 2. The van der Waals surface area contributed by atoms with Crippen LogP contribution in [0.25, 0.3) is 0 Å². The van der Waals surface area contributed by atoms with Crippen LogP contribution >= 0.6 is 0 Å². The molecule has 1 heterocycles. The summed E-state index contributed by atoms with van der Waals surface area (Å²) in [7, 11) is 0. The van der Waals surface area contributed by atoms with E-state index in [0.29, 0.717) is 18.5 Å². The molecule has 0 aromatic rings. The van der Waals surface area contributed by atoms with Crippen molar-refractivity contribution in [3.05, 3.63) is 0 Å². The molecule has 5 heteroatoms. The molecule has 21 heavy (non-hydrogen) atoms. The number of carbonyl (C=O) groups excluding carboxylic acids is 1. The molecule has 0 radical (unpaired) electrons. The highest BCUT2D eigenvalue weighted by Gasteiger charge is 2.38. The van der Waals surface area contributed by atoms with E-state index in [9.17, 15) is 9.59 Å². The summed E-state index contributed by atoms with van der Waals surface area (Å²) in [5, 5.41) is 9.01. The van der Waals surface area contributed by atoms with Crippen LogP contribution in [0, 0.1) is 11.3 Å². The van der Waals surface area contributed by atoms with Crippen molar-refractivity contribution in [3.63, 3.8) is 0 Å². The Labute approximate surface area is 127 Å². The van der Waals surface area contributed by atoms with Crippen molar-refractivity contribution in [2.75, 3.05) is 26.2 Å². The number of carbonyl (C=O) groups is 2. The zero-order chi connectivity index (χ0) is 15.5. The summed E-state index contributed by atoms with van der Waals surface area (Å²) < 4.78 is 0. The maximum Gasteiger partial charge on any atom is 0.320 e. The summed E-state index contributed by atoms with van der Waals surface area (Å²) >= 11 is 0. The van der Waals surface area contributed by atoms with Crippen LogP contribution in [0.1, 0.15) is 52.4 Å². The van der Waals surface area contributed by atoms with Gasteiger partial charge in [-0.2, -0.15) is 0 Å². The molecule has 1 unspecified atom stereocenters. The minimum absolute atomic E-state index is 0.0125. The summed E-state index contributed by atoms with van der Waals surface area (Å²) in [5.41, 5.74) is 0.502. The van der Waals surface area contributed by atoms with E-state index in [-0.39, 0.29) is 6.03 Å². The zero-order valence-corrected chi connectivity index (χ0v) is 13.3. The first-order valence-electron chi connectivity index (χ1n) is 8.24. The van der Waals surface area contributed by atoms with E-state index in [0.717, 1.165) is 25.9 Å². The lowest BCUT2D eigenvalue weighted by Crippen LogP contribution is -2.49. The van der Waals surface area contributed by atoms with Gasteiger partial charge in [-0.15, -0.1) is 0 Å². The van der Waals surface area contributed by atoms with Crippen LogP contribution in [-0.4, -0.2) is 53.1 Å². The topological polar surface area (TPSA) is 60.9 Å². The molecule has 1 saturated heterocycles. The summed E-state index contributed by atoms with van der Waals surface area (Å²) in [5.74, 6) is -1.36. The predicted molar refractivity (Wildman–Crippen MR) is 81.2 cm³/mol. The molecule has 0 bridgehead atoms. The molecular formula is C16H28N2O3. The largest absolute Gasteiger partial charge is 0.481 e. The van der Waals surface area contributed by atoms with Crippen LogP contribution in [0.2, 0.25) is 0 Å². The minimum Gasteiger partial charge on any atom is -0.481 e. The van der Waals surface area contributed by atoms with Gasteiger partial charge in [-0.05, 0) is 38.0 Å². The second kappa shape index (κ2) is 6.67. The minimum atomic E-state index is -0.843. The molecule has 1 spiro atoms. The lowest BCUT2D eigenvalue weighted by molar-refractivity contribution is -0.141. The summed E-state index contributed by atoms with van der Waals surface area (Å²) in [6, 6.07) is 0.0125. The van der Waals surface area contributed by atoms with Gasteiger partial charge in [0.15, 0.2) is 0 Å². The van der Waals surface area contributed by atoms with Gasteiger partial charge >= 0.3 is 12.0 Å². The monoisotopic (exact) mass is 296 g/mol. The van der Waals surface area contributed by atoms with Crippen molar-refractivity contribution in [2.24, 2.45) is 11.3 Å². The Morgan fingerprint density at radius 1 is 1.19 bits per heavy atom. The highest BCUT2D eigenvalue weighted by atomic mass is 16.4. The standard InChI is InChI=1S/C16H28N2O3/c1-3-17(12-13(2)14(19)20)15(21)18-10-8-16(9-11-18)6-4-5-7-16/h13H,3-12H2,1-2H3,(H,19,20). The quantitative estimate of drug-likeness (QED) is 0.867. The van der Waals surface area contributed by atoms with Gasteiger partial charge in [0.05, 0.1) is 5.92 Å². The van der Waals surface area contributed by atoms with Crippen molar-refractivity contribution in [1.29, 1.82) is 0 Å². The highest BCUT2D eigenvalue weighted by molar-refractivity contribution is 5.76. The van der Waals surface area contributed by atoms with Gasteiger partial charge < -0.3 is 14.9 Å². The van der Waals surface area contributed by atoms with E-state index in [1.54, 1.807) is 11.8 Å². The SMILES string of the molecule is CCN(CC(C)C(=O)O)C(=O)N1CCC2(CCCC2)CC1. The van der Waals surface area contributed by atoms with Gasteiger partial charge in [0.2, 0.25) is 0 Å². The van der Waals surface area contributed by atoms with Crippen molar-refractivity contribution >= 4 is 12.0 Å². The van der Waals surface area contributed by atoms with Gasteiger partial charge in [0.25, 0.3) is 0 Å². The zero-order valence-electron chi connectivity index (χ0n) is 13.3. The Hall–Kier alpha value is -1.26. The van der Waals surface area contributed by atoms with Gasteiger partial charge in [0.1, 0.15) is 0 Å². The van der Waals surface area contributed by atoms with E-state index in [1.807, 2.05) is 11.8 Å². The number of rotatable bonds is 4. The van der Waals surface area contributed by atoms with Crippen LogP contribution < -0.4 is 0 Å². The first kappa shape index (κ1) is 16.1. The van der Waals surface area contributed by atoms with Crippen LogP contribution in [0.5, 0.6) is 0 Å². The maximum absolute atomic E-state index is 12.5. The smallest absolute Gasteiger partial charge is 0.320 e. The Balaban J connectivity index is 1.88. The lowest BCUT2D eigenvalue weighted by atomic mass is 9.77. The number of carboxylic acids is 1. The van der Waals surface area contributed by atoms with Crippen LogP contribution in [0.4, 0.5) is 4.79 Å². The molecule has 2 rings (SSSR count). The fraction of sp³-hybridized carbons (Fsp3) is 0.875. The van der Waals surface area contributed by atoms with E-state index < -0.39 is 11.9 Å². The second-order valence-corrected chi connectivity index (χ2v) is 6.75. The predicted octanol–water partition coefficient (Wildman–Crippen LogP) is 2.81. The molecule has 1 aliphatic carbocycles. The van der Waals surface area contributed by atoms with Gasteiger partial charge in [-0.25, -0.2) is 4.79 Å². The molecule has 5 nitrogen and oxygen atoms in total. The number of amides is 2. The number of hydrogen-bond donors (Lipinski definition) is 1. The highest BCUT2D eigenvalue weighted by Crippen LogP contribution is 2.46. The molecule has 0 aromatic carbocycles. The van der Waals surface area contributed by atoms with Crippen molar-refractivity contribution in [3.8, 4) is 0 Å². The second-order valence-electron chi connectivity index (χ2n) is 6.75. The van der Waals surface area contributed by atoms with Crippen molar-refractivity contribution in [2.45, 2.75) is 52.4 Å². The summed E-state index contributed by atoms with van der Waals surface area (Å²) in [4.78, 5) is 27.1. The third-order valence-electron chi connectivity index (χ3n) is 5.33. The first-order valence-corrected chi connectivity index (χ1v) is 8.24. The van der Waals surface area contributed by atoms with Crippen molar-refractivity contribution < 1.29 is 14.7 Å². The van der Waals surface area contributed by atoms with Crippen LogP contribution in [-0.2, 0) is 4.79 Å². The normalized spacial score (nSPS) is 22.3. The van der Waals surface area contributed by atoms with E-state index >= 15 is 0 Å². The molecular weight excluding hydrogens is 268 g/mol. The Morgan fingerprint density at radius 3 is 2.24 bits per heavy atom. The average Bonchev–Trinajstić information content (AvgIpc) is 2.92. The molecule has 120 valence electrons. The van der Waals surface area contributed by atoms with Crippen molar-refractivity contribution in [1.82, 2.24) is 9.80 Å². The molecule has 2 aliphatic rings. The first-order chi connectivity index (χ1) is 9.97. The Morgan fingerprint density at radius 2 is 1.76 bits per heavy atom. The summed E-state index contributed by atoms with van der Waals surface area (Å²) in [6.07, 6.45) is 7.55. The average molecular weight is 296 g/mol. The van der Waals surface area contributed by atoms with Gasteiger partial charge in [-0.1, -0.05) is 19.8 Å². The maximum atomic E-state index is 12.5. The third-order valence-corrected chi connectivity index (χ3v) is 5.33. The number of urea groups is 1. The molecule has 2 fully saturated rings. The third kappa shape index (κ3) is 3.69. The fourth-order valence-corrected chi connectivity index (χ4v) is 3.75. The van der Waals surface area contributed by atoms with Gasteiger partial charge in [-0.3, -0.25) is 4.79 Å².